The van der Waals surface area contributed by atoms with Crippen LogP contribution in [0.25, 0.3) is 0 Å². The van der Waals surface area contributed by atoms with Crippen molar-refractivity contribution in [2.45, 2.75) is 45.4 Å². The average Bonchev–Trinajstić information content (AvgIpc) is 2.82. The van der Waals surface area contributed by atoms with E-state index in [1.807, 2.05) is 0 Å². The third-order valence-electron chi connectivity index (χ3n) is 3.57. The zero-order chi connectivity index (χ0) is 12.1. The lowest BCUT2D eigenvalue weighted by Gasteiger charge is -2.12. The topological polar surface area (TPSA) is 37.8 Å². The Morgan fingerprint density at radius 2 is 2.12 bits per heavy atom. The highest BCUT2D eigenvalue weighted by atomic mass is 35.5. The molecule has 0 atom stereocenters. The Bertz CT molecular complexity index is 362. The van der Waals surface area contributed by atoms with E-state index in [4.69, 9.17) is 11.6 Å². The van der Waals surface area contributed by atoms with Crippen molar-refractivity contribution in [2.24, 2.45) is 5.92 Å². The fourth-order valence-corrected chi connectivity index (χ4v) is 2.82. The molecule has 1 N–H and O–H groups in total. The van der Waals surface area contributed by atoms with E-state index in [-0.39, 0.29) is 0 Å². The first kappa shape index (κ1) is 12.6. The summed E-state index contributed by atoms with van der Waals surface area (Å²) in [5, 5.41) is 3.97. The molecule has 0 bridgehead atoms. The van der Waals surface area contributed by atoms with Gasteiger partial charge in [0, 0.05) is 12.1 Å². The third-order valence-corrected chi connectivity index (χ3v) is 3.89. The predicted molar refractivity (Wildman–Crippen MR) is 71.5 cm³/mol. The number of aromatic nitrogens is 2. The quantitative estimate of drug-likeness (QED) is 0.814. The zero-order valence-electron chi connectivity index (χ0n) is 10.4. The lowest BCUT2D eigenvalue weighted by Crippen LogP contribution is -2.10. The van der Waals surface area contributed by atoms with Gasteiger partial charge in [-0.1, -0.05) is 44.2 Å². The van der Waals surface area contributed by atoms with Crippen molar-refractivity contribution in [3.05, 3.63) is 17.0 Å². The monoisotopic (exact) mass is 253 g/mol. The van der Waals surface area contributed by atoms with Gasteiger partial charge in [0.1, 0.15) is 17.3 Å². The molecule has 2 rings (SSSR count). The molecule has 0 aliphatic heterocycles. The van der Waals surface area contributed by atoms with Crippen molar-refractivity contribution < 1.29 is 0 Å². The summed E-state index contributed by atoms with van der Waals surface area (Å²) in [5.74, 6) is 1.82. The summed E-state index contributed by atoms with van der Waals surface area (Å²) in [7, 11) is 0. The molecule has 1 saturated carbocycles. The Kier molecular flexibility index (Phi) is 4.60. The second kappa shape index (κ2) is 6.20. The molecular weight excluding hydrogens is 234 g/mol. The highest BCUT2D eigenvalue weighted by Crippen LogP contribution is 2.27. The Balaban J connectivity index is 1.87. The molecule has 1 fully saturated rings. The molecule has 17 heavy (non-hydrogen) atoms. The summed E-state index contributed by atoms with van der Waals surface area (Å²) < 4.78 is 0. The van der Waals surface area contributed by atoms with Gasteiger partial charge in [-0.25, -0.2) is 9.97 Å². The average molecular weight is 254 g/mol. The van der Waals surface area contributed by atoms with Crippen LogP contribution in [0.3, 0.4) is 0 Å². The smallest absolute Gasteiger partial charge is 0.137 e. The predicted octanol–water partition coefficient (Wildman–Crippen LogP) is 3.68. The van der Waals surface area contributed by atoms with Gasteiger partial charge >= 0.3 is 0 Å². The normalized spacial score (nSPS) is 16.4. The van der Waals surface area contributed by atoms with Crippen molar-refractivity contribution in [3.8, 4) is 0 Å². The molecule has 1 aromatic heterocycles. The van der Waals surface area contributed by atoms with Crippen molar-refractivity contribution in [2.75, 3.05) is 11.9 Å². The van der Waals surface area contributed by atoms with Crippen LogP contribution in [0.5, 0.6) is 0 Å². The van der Waals surface area contributed by atoms with Crippen LogP contribution < -0.4 is 5.32 Å². The molecule has 94 valence electrons. The lowest BCUT2D eigenvalue weighted by atomic mass is 10.0. The molecule has 0 spiro atoms. The molecule has 1 aliphatic rings. The molecule has 0 aromatic carbocycles. The van der Waals surface area contributed by atoms with Gasteiger partial charge in [-0.05, 0) is 18.8 Å². The van der Waals surface area contributed by atoms with E-state index in [0.717, 1.165) is 30.3 Å². The number of nitrogens with one attached hydrogen (secondary N) is 1. The Morgan fingerprint density at radius 1 is 1.35 bits per heavy atom. The minimum atomic E-state index is 0.575. The molecule has 1 aliphatic carbocycles. The zero-order valence-corrected chi connectivity index (χ0v) is 11.1. The highest BCUT2D eigenvalue weighted by molar-refractivity contribution is 6.30. The van der Waals surface area contributed by atoms with Crippen molar-refractivity contribution >= 4 is 17.4 Å². The number of halogens is 1. The van der Waals surface area contributed by atoms with Gasteiger partial charge < -0.3 is 5.32 Å². The first-order valence-corrected chi connectivity index (χ1v) is 6.92. The molecule has 0 unspecified atom stereocenters. The van der Waals surface area contributed by atoms with Gasteiger partial charge in [0.2, 0.25) is 0 Å². The summed E-state index contributed by atoms with van der Waals surface area (Å²) in [6.45, 7) is 3.07. The molecule has 4 heteroatoms. The van der Waals surface area contributed by atoms with Crippen LogP contribution in [0.1, 0.15) is 44.6 Å². The summed E-state index contributed by atoms with van der Waals surface area (Å²) in [5.41, 5.74) is 1.03. The second-order valence-corrected chi connectivity index (χ2v) is 5.07. The summed E-state index contributed by atoms with van der Waals surface area (Å²) in [4.78, 5) is 8.28. The van der Waals surface area contributed by atoms with E-state index in [0.29, 0.717) is 5.15 Å². The fourth-order valence-electron chi connectivity index (χ4n) is 2.55. The minimum absolute atomic E-state index is 0.575. The van der Waals surface area contributed by atoms with Crippen LogP contribution in [-0.2, 0) is 6.42 Å². The number of hydrogen-bond acceptors (Lipinski definition) is 3. The first-order valence-electron chi connectivity index (χ1n) is 6.54. The molecule has 3 nitrogen and oxygen atoms in total. The number of rotatable bonds is 5. The van der Waals surface area contributed by atoms with Crippen LogP contribution in [0.2, 0.25) is 5.15 Å². The Morgan fingerprint density at radius 3 is 2.82 bits per heavy atom. The highest BCUT2D eigenvalue weighted by Gasteiger charge is 2.14. The van der Waals surface area contributed by atoms with Crippen molar-refractivity contribution in [1.82, 2.24) is 9.97 Å². The first-order chi connectivity index (χ1) is 8.31. The summed E-state index contributed by atoms with van der Waals surface area (Å²) in [6, 6.07) is 0. The number of hydrogen-bond donors (Lipinski definition) is 1. The Hall–Kier alpha value is -0.830. The maximum atomic E-state index is 6.04. The SMILES string of the molecule is CCc1c(Cl)ncnc1NCCC1CCCC1. The van der Waals surface area contributed by atoms with E-state index in [1.165, 1.54) is 38.4 Å². The lowest BCUT2D eigenvalue weighted by molar-refractivity contribution is 0.518. The summed E-state index contributed by atoms with van der Waals surface area (Å²) in [6.07, 6.45) is 9.24. The molecule has 0 radical (unpaired) electrons. The fraction of sp³-hybridized carbons (Fsp3) is 0.692. The molecule has 1 aromatic rings. The minimum Gasteiger partial charge on any atom is -0.370 e. The van der Waals surface area contributed by atoms with Gasteiger partial charge in [-0.2, -0.15) is 0 Å². The standard InChI is InChI=1S/C13H20ClN3/c1-2-11-12(14)16-9-17-13(11)15-8-7-10-5-3-4-6-10/h9-10H,2-8H2,1H3,(H,15,16,17). The molecule has 1 heterocycles. The van der Waals surface area contributed by atoms with Crippen molar-refractivity contribution in [1.29, 1.82) is 0 Å². The van der Waals surface area contributed by atoms with Crippen LogP contribution in [-0.4, -0.2) is 16.5 Å². The maximum Gasteiger partial charge on any atom is 0.137 e. The van der Waals surface area contributed by atoms with Gasteiger partial charge in [-0.15, -0.1) is 0 Å². The summed E-state index contributed by atoms with van der Waals surface area (Å²) >= 11 is 6.04. The van der Waals surface area contributed by atoms with E-state index < -0.39 is 0 Å². The number of anilines is 1. The van der Waals surface area contributed by atoms with Crippen LogP contribution in [0.15, 0.2) is 6.33 Å². The van der Waals surface area contributed by atoms with Gasteiger partial charge in [-0.3, -0.25) is 0 Å². The maximum absolute atomic E-state index is 6.04. The van der Waals surface area contributed by atoms with Gasteiger partial charge in [0.15, 0.2) is 0 Å². The molecule has 0 amide bonds. The van der Waals surface area contributed by atoms with Gasteiger partial charge in [0.05, 0.1) is 0 Å². The van der Waals surface area contributed by atoms with Gasteiger partial charge in [0.25, 0.3) is 0 Å². The Labute approximate surface area is 108 Å². The molecule has 0 saturated heterocycles. The molecular formula is C13H20ClN3. The van der Waals surface area contributed by atoms with E-state index in [9.17, 15) is 0 Å². The van der Waals surface area contributed by atoms with Crippen LogP contribution in [0.4, 0.5) is 5.82 Å². The van der Waals surface area contributed by atoms with E-state index in [1.54, 1.807) is 0 Å². The van der Waals surface area contributed by atoms with E-state index >= 15 is 0 Å². The van der Waals surface area contributed by atoms with Crippen LogP contribution in [0, 0.1) is 5.92 Å². The largest absolute Gasteiger partial charge is 0.370 e. The number of nitrogens with zero attached hydrogens (tertiary/aromatic N) is 2. The van der Waals surface area contributed by atoms with Crippen molar-refractivity contribution in [3.63, 3.8) is 0 Å². The second-order valence-electron chi connectivity index (χ2n) is 4.71. The van der Waals surface area contributed by atoms with Crippen LogP contribution >= 0.6 is 11.6 Å². The third kappa shape index (κ3) is 3.32. The van der Waals surface area contributed by atoms with E-state index in [2.05, 4.69) is 22.2 Å².